The van der Waals surface area contributed by atoms with Crippen molar-refractivity contribution in [1.82, 2.24) is 0 Å². The van der Waals surface area contributed by atoms with Crippen LogP contribution < -0.4 is 11.1 Å². The number of nitrogens with two attached hydrogens (primary N) is 1. The lowest BCUT2D eigenvalue weighted by atomic mass is 10.0. The van der Waals surface area contributed by atoms with E-state index in [4.69, 9.17) is 5.73 Å². The van der Waals surface area contributed by atoms with Crippen LogP contribution in [0.1, 0.15) is 23.8 Å². The maximum absolute atomic E-state index is 11.3. The molecule has 0 spiro atoms. The summed E-state index contributed by atoms with van der Waals surface area (Å²) in [6, 6.07) is 7.82. The molecular formula is C15H18N2OS. The summed E-state index contributed by atoms with van der Waals surface area (Å²) in [6.07, 6.45) is 0.484. The van der Waals surface area contributed by atoms with Gasteiger partial charge in [-0.2, -0.15) is 0 Å². The molecule has 0 atom stereocenters. The number of amides is 1. The summed E-state index contributed by atoms with van der Waals surface area (Å²) < 4.78 is 0. The highest BCUT2D eigenvalue weighted by Gasteiger charge is 2.12. The Morgan fingerprint density at radius 1 is 1.26 bits per heavy atom. The van der Waals surface area contributed by atoms with E-state index in [2.05, 4.69) is 19.2 Å². The zero-order valence-corrected chi connectivity index (χ0v) is 12.2. The summed E-state index contributed by atoms with van der Waals surface area (Å²) in [5, 5.41) is 3.68. The fourth-order valence-electron chi connectivity index (χ4n) is 1.98. The van der Waals surface area contributed by atoms with Crippen LogP contribution >= 0.6 is 11.3 Å². The van der Waals surface area contributed by atoms with E-state index in [1.165, 1.54) is 10.4 Å². The smallest absolute Gasteiger partial charge is 0.224 e. The number of nitrogens with one attached hydrogen (secondary N) is 1. The number of rotatable bonds is 3. The molecule has 0 saturated heterocycles. The summed E-state index contributed by atoms with van der Waals surface area (Å²) in [6.45, 7) is 6.00. The molecule has 0 radical (unpaired) electrons. The lowest BCUT2D eigenvalue weighted by Crippen LogP contribution is -2.09. The van der Waals surface area contributed by atoms with E-state index in [1.807, 2.05) is 31.2 Å². The van der Waals surface area contributed by atoms with E-state index < -0.39 is 0 Å². The van der Waals surface area contributed by atoms with E-state index in [0.717, 1.165) is 21.8 Å². The average molecular weight is 274 g/mol. The number of nitrogen functional groups attached to an aromatic ring is 1. The number of carbonyl (C=O) groups excluding carboxylic acids is 1. The molecule has 0 fully saturated rings. The number of aryl methyl sites for hydroxylation is 1. The average Bonchev–Trinajstić information content (AvgIpc) is 2.64. The van der Waals surface area contributed by atoms with Crippen molar-refractivity contribution in [2.45, 2.75) is 27.2 Å². The molecule has 1 aromatic carbocycles. The normalized spacial score (nSPS) is 10.5. The van der Waals surface area contributed by atoms with Crippen LogP contribution in [0, 0.1) is 13.8 Å². The van der Waals surface area contributed by atoms with Crippen molar-refractivity contribution in [1.29, 1.82) is 0 Å². The van der Waals surface area contributed by atoms with Gasteiger partial charge in [0.25, 0.3) is 0 Å². The zero-order valence-electron chi connectivity index (χ0n) is 11.4. The lowest BCUT2D eigenvalue weighted by Gasteiger charge is -2.06. The van der Waals surface area contributed by atoms with Crippen LogP contribution in [-0.4, -0.2) is 5.91 Å². The number of thiophene rings is 1. The van der Waals surface area contributed by atoms with Crippen molar-refractivity contribution in [3.8, 4) is 11.1 Å². The van der Waals surface area contributed by atoms with Crippen molar-refractivity contribution >= 4 is 27.9 Å². The number of hydrogen-bond donors (Lipinski definition) is 2. The Morgan fingerprint density at radius 3 is 2.37 bits per heavy atom. The van der Waals surface area contributed by atoms with Gasteiger partial charge in [-0.3, -0.25) is 4.79 Å². The first kappa shape index (κ1) is 13.6. The number of hydrogen-bond acceptors (Lipinski definition) is 3. The first-order valence-electron chi connectivity index (χ1n) is 6.28. The highest BCUT2D eigenvalue weighted by atomic mass is 32.1. The van der Waals surface area contributed by atoms with Crippen LogP contribution in [0.3, 0.4) is 0 Å². The third-order valence-electron chi connectivity index (χ3n) is 3.19. The summed E-state index contributed by atoms with van der Waals surface area (Å²) >= 11 is 1.62. The molecule has 2 aromatic rings. The first-order chi connectivity index (χ1) is 9.02. The van der Waals surface area contributed by atoms with Gasteiger partial charge in [0.15, 0.2) is 0 Å². The molecule has 3 nitrogen and oxygen atoms in total. The highest BCUT2D eigenvalue weighted by molar-refractivity contribution is 7.16. The molecule has 1 heterocycles. The van der Waals surface area contributed by atoms with Crippen molar-refractivity contribution in [3.05, 3.63) is 34.7 Å². The third kappa shape index (κ3) is 2.79. The van der Waals surface area contributed by atoms with Gasteiger partial charge in [0.1, 0.15) is 0 Å². The van der Waals surface area contributed by atoms with E-state index in [1.54, 1.807) is 11.3 Å². The Balaban J connectivity index is 2.30. The zero-order chi connectivity index (χ0) is 14.0. The molecule has 0 saturated carbocycles. The molecular weight excluding hydrogens is 256 g/mol. The molecule has 4 heteroatoms. The molecule has 3 N–H and O–H groups in total. The molecule has 0 aliphatic heterocycles. The molecule has 0 bridgehead atoms. The van der Waals surface area contributed by atoms with Crippen LogP contribution in [0.15, 0.2) is 24.3 Å². The van der Waals surface area contributed by atoms with Gasteiger partial charge in [-0.25, -0.2) is 0 Å². The molecule has 0 aliphatic rings. The van der Waals surface area contributed by atoms with Crippen LogP contribution in [-0.2, 0) is 4.79 Å². The van der Waals surface area contributed by atoms with E-state index in [-0.39, 0.29) is 5.91 Å². The molecule has 19 heavy (non-hydrogen) atoms. The van der Waals surface area contributed by atoms with E-state index in [0.29, 0.717) is 6.42 Å². The maximum Gasteiger partial charge on any atom is 0.224 e. The Hall–Kier alpha value is -1.81. The number of carbonyl (C=O) groups is 1. The topological polar surface area (TPSA) is 55.1 Å². The second-order valence-electron chi connectivity index (χ2n) is 4.50. The minimum atomic E-state index is 0.0230. The van der Waals surface area contributed by atoms with Gasteiger partial charge in [-0.05, 0) is 37.1 Å². The standard InChI is InChI=1S/C15H18N2OS/c1-4-13(18)17-12-7-5-11(6-8-12)14-9(2)10(3)19-15(14)16/h5-8H,4,16H2,1-3H3,(H,17,18). The molecule has 1 aromatic heterocycles. The van der Waals surface area contributed by atoms with E-state index >= 15 is 0 Å². The summed E-state index contributed by atoms with van der Waals surface area (Å²) in [5.74, 6) is 0.0230. The van der Waals surface area contributed by atoms with Gasteiger partial charge in [0.2, 0.25) is 5.91 Å². The highest BCUT2D eigenvalue weighted by Crippen LogP contribution is 2.38. The fourth-order valence-corrected chi connectivity index (χ4v) is 2.94. The van der Waals surface area contributed by atoms with Gasteiger partial charge in [0, 0.05) is 22.5 Å². The predicted octanol–water partition coefficient (Wildman–Crippen LogP) is 3.96. The Labute approximate surface area is 117 Å². The molecule has 0 aliphatic carbocycles. The van der Waals surface area contributed by atoms with Gasteiger partial charge in [-0.15, -0.1) is 11.3 Å². The number of anilines is 2. The number of benzene rings is 1. The Bertz CT molecular complexity index is 599. The van der Waals surface area contributed by atoms with Crippen LogP contribution in [0.4, 0.5) is 10.7 Å². The van der Waals surface area contributed by atoms with Crippen molar-refractivity contribution < 1.29 is 4.79 Å². The third-order valence-corrected chi connectivity index (χ3v) is 4.23. The molecule has 2 rings (SSSR count). The quantitative estimate of drug-likeness (QED) is 0.890. The van der Waals surface area contributed by atoms with Gasteiger partial charge < -0.3 is 11.1 Å². The van der Waals surface area contributed by atoms with Crippen molar-refractivity contribution in [2.24, 2.45) is 0 Å². The second kappa shape index (κ2) is 5.45. The molecule has 100 valence electrons. The minimum absolute atomic E-state index is 0.0230. The van der Waals surface area contributed by atoms with Crippen molar-refractivity contribution in [3.63, 3.8) is 0 Å². The minimum Gasteiger partial charge on any atom is -0.390 e. The largest absolute Gasteiger partial charge is 0.390 e. The summed E-state index contributed by atoms with van der Waals surface area (Å²) in [5.41, 5.74) is 10.3. The van der Waals surface area contributed by atoms with Crippen LogP contribution in [0.2, 0.25) is 0 Å². The predicted molar refractivity (Wildman–Crippen MR) is 82.6 cm³/mol. The monoisotopic (exact) mass is 274 g/mol. The summed E-state index contributed by atoms with van der Waals surface area (Å²) in [4.78, 5) is 12.6. The Morgan fingerprint density at radius 2 is 1.89 bits per heavy atom. The molecule has 1 amide bonds. The maximum atomic E-state index is 11.3. The first-order valence-corrected chi connectivity index (χ1v) is 7.10. The second-order valence-corrected chi connectivity index (χ2v) is 5.76. The van der Waals surface area contributed by atoms with Gasteiger partial charge in [-0.1, -0.05) is 19.1 Å². The summed E-state index contributed by atoms with van der Waals surface area (Å²) in [7, 11) is 0. The van der Waals surface area contributed by atoms with Crippen LogP contribution in [0.5, 0.6) is 0 Å². The molecule has 0 unspecified atom stereocenters. The lowest BCUT2D eigenvalue weighted by molar-refractivity contribution is -0.115. The fraction of sp³-hybridized carbons (Fsp3) is 0.267. The van der Waals surface area contributed by atoms with Gasteiger partial charge in [0.05, 0.1) is 5.00 Å². The Kier molecular flexibility index (Phi) is 3.90. The van der Waals surface area contributed by atoms with Crippen LogP contribution in [0.25, 0.3) is 11.1 Å². The van der Waals surface area contributed by atoms with Gasteiger partial charge >= 0.3 is 0 Å². The van der Waals surface area contributed by atoms with E-state index in [9.17, 15) is 4.79 Å². The van der Waals surface area contributed by atoms with Crippen molar-refractivity contribution in [2.75, 3.05) is 11.1 Å². The SMILES string of the molecule is CCC(=O)Nc1ccc(-c2c(N)sc(C)c2C)cc1.